The minimum Gasteiger partial charge on any atom is -0.456 e. The monoisotopic (exact) mass is 817 g/mol. The Morgan fingerprint density at radius 2 is 0.906 bits per heavy atom. The Morgan fingerprint density at radius 1 is 0.312 bits per heavy atom. The largest absolute Gasteiger partial charge is 0.456 e. The van der Waals surface area contributed by atoms with E-state index in [1.54, 1.807) is 0 Å². The number of benzene rings is 9. The molecule has 13 rings (SSSR count). The lowest BCUT2D eigenvalue weighted by Crippen LogP contribution is -1.96. The van der Waals surface area contributed by atoms with Gasteiger partial charge in [0.1, 0.15) is 22.3 Å². The van der Waals surface area contributed by atoms with Gasteiger partial charge in [-0.3, -0.25) is 0 Å². The molecular formula is C59H35N3O2. The Kier molecular flexibility index (Phi) is 8.15. The molecule has 0 saturated carbocycles. The summed E-state index contributed by atoms with van der Waals surface area (Å²) in [5, 5.41) is 7.69. The quantitative estimate of drug-likeness (QED) is 0.156. The van der Waals surface area contributed by atoms with E-state index in [0.29, 0.717) is 5.82 Å². The highest BCUT2D eigenvalue weighted by Gasteiger charge is 2.22. The first-order chi connectivity index (χ1) is 31.7. The van der Waals surface area contributed by atoms with Crippen molar-refractivity contribution in [3.63, 3.8) is 0 Å². The Hall–Kier alpha value is -8.67. The normalized spacial score (nSPS) is 11.8. The lowest BCUT2D eigenvalue weighted by atomic mass is 9.89. The molecule has 0 radical (unpaired) electrons. The molecule has 5 heteroatoms. The molecule has 0 aliphatic rings. The Morgan fingerprint density at radius 3 is 1.70 bits per heavy atom. The first-order valence-electron chi connectivity index (χ1n) is 21.5. The lowest BCUT2D eigenvalue weighted by Gasteiger charge is -2.16. The van der Waals surface area contributed by atoms with Gasteiger partial charge in [0.15, 0.2) is 5.82 Å². The Bertz CT molecular complexity index is 3950. The molecule has 0 bridgehead atoms. The van der Waals surface area contributed by atoms with Crippen molar-refractivity contribution in [2.75, 3.05) is 0 Å². The Balaban J connectivity index is 0.968. The Labute approximate surface area is 367 Å². The number of pyridine rings is 1. The van der Waals surface area contributed by atoms with E-state index >= 15 is 0 Å². The van der Waals surface area contributed by atoms with Crippen molar-refractivity contribution in [3.8, 4) is 67.4 Å². The SMILES string of the molecule is c1ccc(-c2cc(-c3cccc(-c4cccc5c4oc4ccccc45)c3)nc(-c3ccc(-c4nc5ccccc5c5c(-c6ccccc6)c6c(cc45)oc4ccccc46)cc3)n2)cc1. The maximum Gasteiger partial charge on any atom is 0.160 e. The molecule has 0 aliphatic carbocycles. The van der Waals surface area contributed by atoms with Crippen LogP contribution in [0.25, 0.3) is 133 Å². The summed E-state index contributed by atoms with van der Waals surface area (Å²) in [5.41, 5.74) is 15.2. The highest BCUT2D eigenvalue weighted by Crippen LogP contribution is 2.46. The van der Waals surface area contributed by atoms with Crippen molar-refractivity contribution < 1.29 is 8.83 Å². The number of fused-ring (bicyclic) bond motifs is 9. The van der Waals surface area contributed by atoms with Gasteiger partial charge < -0.3 is 8.83 Å². The molecule has 4 heterocycles. The predicted molar refractivity (Wildman–Crippen MR) is 262 cm³/mol. The fraction of sp³-hybridized carbons (Fsp3) is 0. The van der Waals surface area contributed by atoms with Crippen molar-refractivity contribution in [1.82, 2.24) is 15.0 Å². The summed E-state index contributed by atoms with van der Waals surface area (Å²) in [6.07, 6.45) is 0. The second-order valence-corrected chi connectivity index (χ2v) is 16.3. The number of hydrogen-bond donors (Lipinski definition) is 0. The molecular weight excluding hydrogens is 783 g/mol. The van der Waals surface area contributed by atoms with Gasteiger partial charge >= 0.3 is 0 Å². The van der Waals surface area contributed by atoms with E-state index in [9.17, 15) is 0 Å². The number of hydrogen-bond acceptors (Lipinski definition) is 5. The van der Waals surface area contributed by atoms with Gasteiger partial charge in [0.05, 0.1) is 22.6 Å². The third kappa shape index (κ3) is 5.83. The fourth-order valence-electron chi connectivity index (χ4n) is 9.51. The highest BCUT2D eigenvalue weighted by atomic mass is 16.3. The molecule has 0 N–H and O–H groups in total. The zero-order chi connectivity index (χ0) is 42.1. The van der Waals surface area contributed by atoms with E-state index in [0.717, 1.165) is 127 Å². The molecule has 0 fully saturated rings. The summed E-state index contributed by atoms with van der Waals surface area (Å²) in [7, 11) is 0. The van der Waals surface area contributed by atoms with Crippen LogP contribution in [-0.4, -0.2) is 15.0 Å². The zero-order valence-electron chi connectivity index (χ0n) is 34.4. The van der Waals surface area contributed by atoms with Crippen LogP contribution in [0.5, 0.6) is 0 Å². The van der Waals surface area contributed by atoms with Crippen LogP contribution in [0.1, 0.15) is 0 Å². The van der Waals surface area contributed by atoms with Crippen molar-refractivity contribution in [3.05, 3.63) is 212 Å². The van der Waals surface area contributed by atoms with Gasteiger partial charge in [-0.1, -0.05) is 176 Å². The summed E-state index contributed by atoms with van der Waals surface area (Å²) in [4.78, 5) is 15.8. The molecule has 298 valence electrons. The number of rotatable bonds is 6. The van der Waals surface area contributed by atoms with Crippen LogP contribution < -0.4 is 0 Å². The number of furan rings is 2. The highest BCUT2D eigenvalue weighted by molar-refractivity contribution is 6.27. The third-order valence-corrected chi connectivity index (χ3v) is 12.5. The third-order valence-electron chi connectivity index (χ3n) is 12.5. The zero-order valence-corrected chi connectivity index (χ0v) is 34.4. The van der Waals surface area contributed by atoms with Gasteiger partial charge in [0.2, 0.25) is 0 Å². The topological polar surface area (TPSA) is 65.0 Å². The van der Waals surface area contributed by atoms with Gasteiger partial charge in [-0.15, -0.1) is 0 Å². The standard InChI is InChI=1S/C59H35N3O2/c1-3-15-36(16-4-1)49-35-50(41-20-13-19-40(33-41)42-24-14-25-44-43-21-8-11-27-51(43)64-58(42)44)62-59(61-49)39-31-29-38(30-32-39)57-47-34-53-56(46-23-9-12-28-52(46)63-53)54(37-17-5-2-6-18-37)55(47)45-22-7-10-26-48(45)60-57/h1-35H. The predicted octanol–water partition coefficient (Wildman–Crippen LogP) is 16.0. The lowest BCUT2D eigenvalue weighted by molar-refractivity contribution is 0.669. The van der Waals surface area contributed by atoms with Crippen molar-refractivity contribution in [1.29, 1.82) is 0 Å². The van der Waals surface area contributed by atoms with Crippen LogP contribution in [0.15, 0.2) is 221 Å². The van der Waals surface area contributed by atoms with Crippen LogP contribution in [0.3, 0.4) is 0 Å². The molecule has 0 saturated heterocycles. The van der Waals surface area contributed by atoms with Gasteiger partial charge in [0.25, 0.3) is 0 Å². The van der Waals surface area contributed by atoms with E-state index in [4.69, 9.17) is 23.8 Å². The molecule has 0 spiro atoms. The number of para-hydroxylation sites is 4. The van der Waals surface area contributed by atoms with E-state index in [2.05, 4.69) is 170 Å². The maximum absolute atomic E-state index is 6.61. The molecule has 0 atom stereocenters. The second-order valence-electron chi connectivity index (χ2n) is 16.3. The fourth-order valence-corrected chi connectivity index (χ4v) is 9.51. The smallest absolute Gasteiger partial charge is 0.160 e. The van der Waals surface area contributed by atoms with E-state index in [1.165, 1.54) is 0 Å². The minimum absolute atomic E-state index is 0.638. The first-order valence-corrected chi connectivity index (χ1v) is 21.5. The van der Waals surface area contributed by atoms with Gasteiger partial charge in [-0.2, -0.15) is 0 Å². The maximum atomic E-state index is 6.61. The summed E-state index contributed by atoms with van der Waals surface area (Å²) >= 11 is 0. The number of aromatic nitrogens is 3. The molecule has 0 amide bonds. The molecule has 0 aliphatic heterocycles. The first kappa shape index (κ1) is 36.0. The average Bonchev–Trinajstić information content (AvgIpc) is 3.94. The van der Waals surface area contributed by atoms with Crippen molar-refractivity contribution in [2.24, 2.45) is 0 Å². The molecule has 5 nitrogen and oxygen atoms in total. The van der Waals surface area contributed by atoms with Crippen LogP contribution in [0, 0.1) is 0 Å². The average molecular weight is 818 g/mol. The molecule has 64 heavy (non-hydrogen) atoms. The van der Waals surface area contributed by atoms with Gasteiger partial charge in [-0.05, 0) is 47.5 Å². The molecule has 9 aromatic carbocycles. The van der Waals surface area contributed by atoms with Crippen LogP contribution >= 0.6 is 0 Å². The van der Waals surface area contributed by atoms with Crippen LogP contribution in [0.2, 0.25) is 0 Å². The molecule has 13 aromatic rings. The van der Waals surface area contributed by atoms with Gasteiger partial charge in [-0.25, -0.2) is 15.0 Å². The molecule has 4 aromatic heterocycles. The van der Waals surface area contributed by atoms with Gasteiger partial charge in [0, 0.05) is 71.1 Å². The summed E-state index contributed by atoms with van der Waals surface area (Å²) in [6.45, 7) is 0. The minimum atomic E-state index is 0.638. The van der Waals surface area contributed by atoms with Crippen molar-refractivity contribution >= 4 is 65.6 Å². The summed E-state index contributed by atoms with van der Waals surface area (Å²) in [6, 6.07) is 73.6. The number of nitrogens with zero attached hydrogens (tertiary/aromatic N) is 3. The van der Waals surface area contributed by atoms with Crippen molar-refractivity contribution in [2.45, 2.75) is 0 Å². The van der Waals surface area contributed by atoms with Crippen LogP contribution in [0.4, 0.5) is 0 Å². The van der Waals surface area contributed by atoms with E-state index in [1.807, 2.05) is 42.5 Å². The van der Waals surface area contributed by atoms with Crippen LogP contribution in [-0.2, 0) is 0 Å². The summed E-state index contributed by atoms with van der Waals surface area (Å²) in [5.74, 6) is 0.638. The molecule has 0 unspecified atom stereocenters. The summed E-state index contributed by atoms with van der Waals surface area (Å²) < 4.78 is 13.1. The van der Waals surface area contributed by atoms with E-state index < -0.39 is 0 Å². The second kappa shape index (κ2) is 14.5. The van der Waals surface area contributed by atoms with E-state index in [-0.39, 0.29) is 0 Å².